The molecule has 0 radical (unpaired) electrons. The molecule has 9 nitrogen and oxygen atoms in total. The maximum Gasteiger partial charge on any atom is 0.257 e. The molecule has 1 heterocycles. The Kier molecular flexibility index (Phi) is 17.9. The molecule has 1 rings (SSSR count). The van der Waals surface area contributed by atoms with E-state index >= 15 is 0 Å². The fourth-order valence-corrected chi connectivity index (χ4v) is 4.29. The molecule has 39 heavy (non-hydrogen) atoms. The number of carbonyl (C=O) groups is 3. The van der Waals surface area contributed by atoms with Gasteiger partial charge < -0.3 is 24.6 Å². The number of rotatable bonds is 20. The van der Waals surface area contributed by atoms with E-state index in [1.54, 1.807) is 7.11 Å². The molecule has 0 aromatic carbocycles. The number of carbonyl (C=O) groups excluding carboxylic acids is 3. The van der Waals surface area contributed by atoms with Gasteiger partial charge in [0.05, 0.1) is 26.9 Å². The van der Waals surface area contributed by atoms with Crippen molar-refractivity contribution in [1.29, 1.82) is 0 Å². The van der Waals surface area contributed by atoms with E-state index in [9.17, 15) is 19.5 Å². The molecule has 0 bridgehead atoms. The summed E-state index contributed by atoms with van der Waals surface area (Å²) in [6, 6.07) is -0.892. The van der Waals surface area contributed by atoms with E-state index in [4.69, 9.17) is 25.8 Å². The third kappa shape index (κ3) is 12.9. The number of hydrogen-bond acceptors (Lipinski definition) is 7. The molecule has 0 aromatic rings. The first-order valence-electron chi connectivity index (χ1n) is 13.6. The predicted octanol–water partition coefficient (Wildman–Crippen LogP) is 4.51. The van der Waals surface area contributed by atoms with Crippen LogP contribution in [0.3, 0.4) is 0 Å². The third-order valence-corrected chi connectivity index (χ3v) is 6.78. The molecule has 220 valence electrons. The molecule has 2 atom stereocenters. The van der Waals surface area contributed by atoms with Crippen molar-refractivity contribution >= 4 is 29.3 Å². The summed E-state index contributed by atoms with van der Waals surface area (Å²) in [4.78, 5) is 38.1. The van der Waals surface area contributed by atoms with Crippen LogP contribution >= 0.6 is 11.6 Å². The largest absolute Gasteiger partial charge is 0.501 e. The maximum atomic E-state index is 12.7. The van der Waals surface area contributed by atoms with Crippen molar-refractivity contribution in [1.82, 2.24) is 10.2 Å². The number of hydrogen-bond donors (Lipinski definition) is 2. The van der Waals surface area contributed by atoms with Crippen molar-refractivity contribution in [2.24, 2.45) is 0 Å². The SMILES string of the molecule is CCCCCCCC(C/C=C/CCC(=O)NC/C(=C\Cl)C/C(=C\C(=O)N1C(=O)C=C(OC)[C@H]1CO)OC)OC. The van der Waals surface area contributed by atoms with Gasteiger partial charge in [-0.05, 0) is 24.8 Å². The number of aliphatic hydroxyl groups is 1. The summed E-state index contributed by atoms with van der Waals surface area (Å²) in [6.07, 6.45) is 15.8. The van der Waals surface area contributed by atoms with Crippen LogP contribution in [0.5, 0.6) is 0 Å². The number of nitrogens with one attached hydrogen (secondary N) is 1. The smallest absolute Gasteiger partial charge is 0.257 e. The van der Waals surface area contributed by atoms with Gasteiger partial charge in [-0.2, -0.15) is 0 Å². The van der Waals surface area contributed by atoms with Gasteiger partial charge in [0.2, 0.25) is 5.91 Å². The van der Waals surface area contributed by atoms with E-state index in [0.717, 1.165) is 17.7 Å². The number of methoxy groups -OCH3 is 3. The van der Waals surface area contributed by atoms with E-state index in [1.165, 1.54) is 64.0 Å². The molecule has 2 N–H and O–H groups in total. The summed E-state index contributed by atoms with van der Waals surface area (Å²) in [5.74, 6) is -0.912. The van der Waals surface area contributed by atoms with Crippen LogP contribution in [-0.4, -0.2) is 74.4 Å². The van der Waals surface area contributed by atoms with Crippen LogP contribution in [0.4, 0.5) is 0 Å². The summed E-state index contributed by atoms with van der Waals surface area (Å²) < 4.78 is 15.9. The number of allylic oxidation sites excluding steroid dienone is 2. The highest BCUT2D eigenvalue weighted by Crippen LogP contribution is 2.22. The average molecular weight is 569 g/mol. The number of amides is 3. The second-order valence-electron chi connectivity index (χ2n) is 9.34. The van der Waals surface area contributed by atoms with Gasteiger partial charge in [0.1, 0.15) is 17.6 Å². The Hall–Kier alpha value is -2.62. The first kappa shape index (κ1) is 34.4. The Bertz CT molecular complexity index is 898. The molecular formula is C29H45ClN2O7. The molecule has 1 aliphatic heterocycles. The molecule has 0 saturated heterocycles. The number of nitrogens with zero attached hydrogens (tertiary/aromatic N) is 1. The topological polar surface area (TPSA) is 114 Å². The summed E-state index contributed by atoms with van der Waals surface area (Å²) in [5.41, 5.74) is 1.94. The Morgan fingerprint density at radius 3 is 2.54 bits per heavy atom. The van der Waals surface area contributed by atoms with Gasteiger partial charge in [0.15, 0.2) is 0 Å². The Morgan fingerprint density at radius 2 is 1.92 bits per heavy atom. The van der Waals surface area contributed by atoms with E-state index in [1.807, 2.05) is 6.08 Å². The summed E-state index contributed by atoms with van der Waals surface area (Å²) in [6.45, 7) is 1.93. The number of ether oxygens (including phenoxy) is 3. The van der Waals surface area contributed by atoms with Gasteiger partial charge in [-0.3, -0.25) is 19.3 Å². The standard InChI is InChI=1S/C29H45ClN2O7/c1-5-6-7-8-10-13-23(37-2)14-11-9-12-15-27(34)31-20-22(19-30)16-24(38-3)17-28(35)32-25(21-33)26(39-4)18-29(32)36/h9,11,17-19,23,25,33H,5-8,10,12-16,20-21H2,1-4H3,(H,31,34)/b11-9+,22-19-,24-17+/t23?,25-/m1/s1. The molecule has 1 unspecified atom stereocenters. The average Bonchev–Trinajstić information content (AvgIpc) is 3.28. The molecule has 1 aliphatic rings. The molecule has 0 saturated carbocycles. The highest BCUT2D eigenvalue weighted by molar-refractivity contribution is 6.25. The fraction of sp³-hybridized carbons (Fsp3) is 0.621. The zero-order valence-corrected chi connectivity index (χ0v) is 24.5. The van der Waals surface area contributed by atoms with Crippen LogP contribution in [-0.2, 0) is 28.6 Å². The molecule has 0 aliphatic carbocycles. The van der Waals surface area contributed by atoms with Gasteiger partial charge in [-0.1, -0.05) is 62.8 Å². The highest BCUT2D eigenvalue weighted by Gasteiger charge is 2.37. The Balaban J connectivity index is 2.47. The summed E-state index contributed by atoms with van der Waals surface area (Å²) in [7, 11) is 4.50. The highest BCUT2D eigenvalue weighted by atomic mass is 35.5. The molecular weight excluding hydrogens is 524 g/mol. The van der Waals surface area contributed by atoms with Crippen molar-refractivity contribution in [3.05, 3.63) is 46.9 Å². The molecule has 3 amide bonds. The number of unbranched alkanes of at least 4 members (excludes halogenated alkanes) is 4. The monoisotopic (exact) mass is 568 g/mol. The maximum absolute atomic E-state index is 12.7. The number of imide groups is 1. The van der Waals surface area contributed by atoms with E-state index in [2.05, 4.69) is 18.3 Å². The van der Waals surface area contributed by atoms with E-state index in [0.29, 0.717) is 18.4 Å². The van der Waals surface area contributed by atoms with Gasteiger partial charge in [0.25, 0.3) is 11.8 Å². The second-order valence-corrected chi connectivity index (χ2v) is 9.56. The minimum absolute atomic E-state index is 0.125. The lowest BCUT2D eigenvalue weighted by atomic mass is 10.1. The summed E-state index contributed by atoms with van der Waals surface area (Å²) >= 11 is 5.95. The summed E-state index contributed by atoms with van der Waals surface area (Å²) in [5, 5.41) is 12.4. The van der Waals surface area contributed by atoms with Crippen molar-refractivity contribution < 1.29 is 33.7 Å². The number of halogens is 1. The van der Waals surface area contributed by atoms with Gasteiger partial charge in [-0.15, -0.1) is 0 Å². The lowest BCUT2D eigenvalue weighted by molar-refractivity contribution is -0.140. The van der Waals surface area contributed by atoms with Crippen LogP contribution in [0.25, 0.3) is 0 Å². The van der Waals surface area contributed by atoms with Crippen molar-refractivity contribution in [3.63, 3.8) is 0 Å². The first-order chi connectivity index (χ1) is 18.8. The predicted molar refractivity (Wildman–Crippen MR) is 152 cm³/mol. The quantitative estimate of drug-likeness (QED) is 0.0961. The normalized spacial score (nSPS) is 17.0. The zero-order valence-electron chi connectivity index (χ0n) is 23.7. The van der Waals surface area contributed by atoms with E-state index < -0.39 is 24.5 Å². The number of aliphatic hydroxyl groups excluding tert-OH is 1. The lowest BCUT2D eigenvalue weighted by Crippen LogP contribution is -2.42. The van der Waals surface area contributed by atoms with Crippen molar-refractivity contribution in [2.75, 3.05) is 34.5 Å². The fourth-order valence-electron chi connectivity index (χ4n) is 4.14. The van der Waals surface area contributed by atoms with Crippen molar-refractivity contribution in [2.45, 2.75) is 83.3 Å². The van der Waals surface area contributed by atoms with Crippen LogP contribution < -0.4 is 5.32 Å². The van der Waals surface area contributed by atoms with Crippen molar-refractivity contribution in [3.8, 4) is 0 Å². The second kappa shape index (κ2) is 20.3. The molecule has 10 heteroatoms. The Labute approximate surface area is 237 Å². The lowest BCUT2D eigenvalue weighted by Gasteiger charge is -2.22. The van der Waals surface area contributed by atoms with Crippen LogP contribution in [0.2, 0.25) is 0 Å². The third-order valence-electron chi connectivity index (χ3n) is 6.47. The zero-order chi connectivity index (χ0) is 29.0. The minimum Gasteiger partial charge on any atom is -0.501 e. The molecule has 0 fully saturated rings. The van der Waals surface area contributed by atoms with Crippen LogP contribution in [0.1, 0.15) is 71.1 Å². The molecule has 0 aromatic heterocycles. The Morgan fingerprint density at radius 1 is 1.18 bits per heavy atom. The van der Waals surface area contributed by atoms with E-state index in [-0.39, 0.29) is 36.5 Å². The first-order valence-corrected chi connectivity index (χ1v) is 14.0. The minimum atomic E-state index is -0.892. The van der Waals surface area contributed by atoms with Gasteiger partial charge in [0, 0.05) is 44.2 Å². The van der Waals surface area contributed by atoms with Gasteiger partial charge >= 0.3 is 0 Å². The molecule has 0 spiro atoms. The van der Waals surface area contributed by atoms with Crippen LogP contribution in [0.15, 0.2) is 46.9 Å². The van der Waals surface area contributed by atoms with Crippen LogP contribution in [0, 0.1) is 0 Å². The van der Waals surface area contributed by atoms with Gasteiger partial charge in [-0.25, -0.2) is 0 Å².